The molecule has 0 unspecified atom stereocenters. The van der Waals surface area contributed by atoms with Gasteiger partial charge in [0.05, 0.1) is 18.4 Å². The van der Waals surface area contributed by atoms with Crippen LogP contribution in [0, 0.1) is 0 Å². The molecule has 90 valence electrons. The fraction of sp³-hybridized carbons (Fsp3) is 0.444. The van der Waals surface area contributed by atoms with Gasteiger partial charge < -0.3 is 9.32 Å². The van der Waals surface area contributed by atoms with Gasteiger partial charge in [-0.15, -0.1) is 0 Å². The standard InChI is InChI=1S/C9H9BrClF2NO2/c10-2-3-14(5-7(12)13)9(15)6-1-4-16-8(6)11/h1,4,7H,2-3,5H2. The molecule has 0 aliphatic rings. The van der Waals surface area contributed by atoms with Crippen LogP contribution in [0.25, 0.3) is 0 Å². The van der Waals surface area contributed by atoms with Crippen molar-refractivity contribution >= 4 is 33.4 Å². The summed E-state index contributed by atoms with van der Waals surface area (Å²) < 4.78 is 29.2. The van der Waals surface area contributed by atoms with Gasteiger partial charge in [-0.25, -0.2) is 8.78 Å². The Labute approximate surface area is 104 Å². The zero-order chi connectivity index (χ0) is 12.1. The van der Waals surface area contributed by atoms with Crippen molar-refractivity contribution in [1.82, 2.24) is 4.90 Å². The molecule has 1 aromatic heterocycles. The van der Waals surface area contributed by atoms with Gasteiger partial charge in [0.1, 0.15) is 0 Å². The minimum absolute atomic E-state index is 0.0844. The van der Waals surface area contributed by atoms with Gasteiger partial charge in [0.25, 0.3) is 12.3 Å². The molecule has 0 aliphatic heterocycles. The molecule has 1 rings (SSSR count). The van der Waals surface area contributed by atoms with E-state index in [-0.39, 0.29) is 17.3 Å². The van der Waals surface area contributed by atoms with Crippen LogP contribution in [-0.2, 0) is 0 Å². The van der Waals surface area contributed by atoms with E-state index in [2.05, 4.69) is 15.9 Å². The lowest BCUT2D eigenvalue weighted by Gasteiger charge is -2.20. The molecule has 16 heavy (non-hydrogen) atoms. The normalized spacial score (nSPS) is 10.8. The minimum Gasteiger partial charge on any atom is -0.452 e. The predicted octanol–water partition coefficient (Wildman–Crippen LogP) is 3.04. The molecule has 1 amide bonds. The van der Waals surface area contributed by atoms with Gasteiger partial charge in [-0.2, -0.15) is 0 Å². The Balaban J connectivity index is 2.78. The first-order valence-electron chi connectivity index (χ1n) is 4.42. The largest absolute Gasteiger partial charge is 0.452 e. The molecule has 0 atom stereocenters. The van der Waals surface area contributed by atoms with Gasteiger partial charge in [-0.05, 0) is 17.7 Å². The van der Waals surface area contributed by atoms with E-state index in [1.165, 1.54) is 12.3 Å². The van der Waals surface area contributed by atoms with Gasteiger partial charge >= 0.3 is 0 Å². The van der Waals surface area contributed by atoms with E-state index in [1.54, 1.807) is 0 Å². The highest BCUT2D eigenvalue weighted by Gasteiger charge is 2.22. The number of rotatable bonds is 5. The third kappa shape index (κ3) is 3.45. The average molecular weight is 317 g/mol. The van der Waals surface area contributed by atoms with E-state index in [0.29, 0.717) is 5.33 Å². The average Bonchev–Trinajstić information content (AvgIpc) is 2.62. The summed E-state index contributed by atoms with van der Waals surface area (Å²) in [4.78, 5) is 12.8. The van der Waals surface area contributed by atoms with Crippen molar-refractivity contribution in [2.75, 3.05) is 18.4 Å². The van der Waals surface area contributed by atoms with Crippen molar-refractivity contribution in [2.24, 2.45) is 0 Å². The van der Waals surface area contributed by atoms with E-state index in [9.17, 15) is 13.6 Å². The van der Waals surface area contributed by atoms with Crippen LogP contribution in [0.3, 0.4) is 0 Å². The molecule has 0 radical (unpaired) electrons. The highest BCUT2D eigenvalue weighted by atomic mass is 79.9. The summed E-state index contributed by atoms with van der Waals surface area (Å²) >= 11 is 8.70. The molecule has 0 spiro atoms. The number of nitrogens with zero attached hydrogens (tertiary/aromatic N) is 1. The molecule has 0 bridgehead atoms. The summed E-state index contributed by atoms with van der Waals surface area (Å²) in [6.45, 7) is -0.434. The maximum absolute atomic E-state index is 12.2. The summed E-state index contributed by atoms with van der Waals surface area (Å²) in [7, 11) is 0. The maximum Gasteiger partial charge on any atom is 0.258 e. The Hall–Kier alpha value is -0.620. The van der Waals surface area contributed by atoms with Crippen molar-refractivity contribution in [3.8, 4) is 0 Å². The predicted molar refractivity (Wildman–Crippen MR) is 59.4 cm³/mol. The van der Waals surface area contributed by atoms with E-state index in [1.807, 2.05) is 0 Å². The quantitative estimate of drug-likeness (QED) is 0.782. The Morgan fingerprint density at radius 3 is 2.75 bits per heavy atom. The molecule has 0 aromatic carbocycles. The van der Waals surface area contributed by atoms with Gasteiger partial charge in [0, 0.05) is 11.9 Å². The molecule has 3 nitrogen and oxygen atoms in total. The first kappa shape index (κ1) is 13.4. The summed E-state index contributed by atoms with van der Waals surface area (Å²) in [6.07, 6.45) is -1.33. The van der Waals surface area contributed by atoms with E-state index >= 15 is 0 Å². The Kier molecular flexibility index (Phi) is 5.21. The van der Waals surface area contributed by atoms with Crippen LogP contribution in [0.2, 0.25) is 5.22 Å². The zero-order valence-corrected chi connectivity index (χ0v) is 10.5. The molecule has 0 aliphatic carbocycles. The smallest absolute Gasteiger partial charge is 0.258 e. The molecule has 7 heteroatoms. The molecule has 0 saturated heterocycles. The minimum atomic E-state index is -2.58. The number of alkyl halides is 3. The SMILES string of the molecule is O=C(c1ccoc1Cl)N(CCBr)CC(F)F. The number of hydrogen-bond acceptors (Lipinski definition) is 2. The van der Waals surface area contributed by atoms with Crippen LogP contribution >= 0.6 is 27.5 Å². The first-order chi connectivity index (χ1) is 7.56. The highest BCUT2D eigenvalue weighted by molar-refractivity contribution is 9.09. The van der Waals surface area contributed by atoms with Gasteiger partial charge in [0.15, 0.2) is 0 Å². The zero-order valence-electron chi connectivity index (χ0n) is 8.13. The highest BCUT2D eigenvalue weighted by Crippen LogP contribution is 2.19. The van der Waals surface area contributed by atoms with Crippen LogP contribution in [-0.4, -0.2) is 35.7 Å². The van der Waals surface area contributed by atoms with Crippen LogP contribution in [0.15, 0.2) is 16.7 Å². The monoisotopic (exact) mass is 315 g/mol. The summed E-state index contributed by atoms with van der Waals surface area (Å²) in [5, 5.41) is 0.333. The van der Waals surface area contributed by atoms with Crippen molar-refractivity contribution in [1.29, 1.82) is 0 Å². The molecule has 1 heterocycles. The summed E-state index contributed by atoms with van der Waals surface area (Å²) in [5.41, 5.74) is 0.100. The van der Waals surface area contributed by atoms with Crippen molar-refractivity contribution in [3.05, 3.63) is 23.1 Å². The van der Waals surface area contributed by atoms with Crippen molar-refractivity contribution < 1.29 is 18.0 Å². The number of amides is 1. The lowest BCUT2D eigenvalue weighted by atomic mass is 10.3. The molecule has 0 N–H and O–H groups in total. The number of furan rings is 1. The van der Waals surface area contributed by atoms with E-state index < -0.39 is 18.9 Å². The van der Waals surface area contributed by atoms with Crippen LogP contribution < -0.4 is 0 Å². The van der Waals surface area contributed by atoms with Gasteiger partial charge in [-0.1, -0.05) is 15.9 Å². The lowest BCUT2D eigenvalue weighted by molar-refractivity contribution is 0.0572. The van der Waals surface area contributed by atoms with E-state index in [0.717, 1.165) is 4.90 Å². The second kappa shape index (κ2) is 6.20. The molecular weight excluding hydrogens is 307 g/mol. The molecule has 0 saturated carbocycles. The lowest BCUT2D eigenvalue weighted by Crippen LogP contribution is -2.36. The second-order valence-electron chi connectivity index (χ2n) is 2.94. The Morgan fingerprint density at radius 2 is 2.31 bits per heavy atom. The van der Waals surface area contributed by atoms with Crippen LogP contribution in [0.4, 0.5) is 8.78 Å². The maximum atomic E-state index is 12.2. The van der Waals surface area contributed by atoms with Crippen molar-refractivity contribution in [2.45, 2.75) is 6.43 Å². The third-order valence-electron chi connectivity index (χ3n) is 1.85. The number of carbonyl (C=O) groups excluding carboxylic acids is 1. The van der Waals surface area contributed by atoms with Crippen LogP contribution in [0.5, 0.6) is 0 Å². The number of carbonyl (C=O) groups is 1. The van der Waals surface area contributed by atoms with E-state index in [4.69, 9.17) is 16.0 Å². The fourth-order valence-corrected chi connectivity index (χ4v) is 1.78. The third-order valence-corrected chi connectivity index (χ3v) is 2.50. The fourth-order valence-electron chi connectivity index (χ4n) is 1.16. The summed E-state index contributed by atoms with van der Waals surface area (Å²) in [5.74, 6) is -0.557. The van der Waals surface area contributed by atoms with Crippen LogP contribution in [0.1, 0.15) is 10.4 Å². The van der Waals surface area contributed by atoms with Crippen molar-refractivity contribution in [3.63, 3.8) is 0 Å². The Bertz CT molecular complexity index is 359. The second-order valence-corrected chi connectivity index (χ2v) is 4.08. The molecule has 0 fully saturated rings. The number of halogens is 4. The Morgan fingerprint density at radius 1 is 1.62 bits per heavy atom. The number of hydrogen-bond donors (Lipinski definition) is 0. The van der Waals surface area contributed by atoms with Gasteiger partial charge in [-0.3, -0.25) is 4.79 Å². The topological polar surface area (TPSA) is 33.5 Å². The summed E-state index contributed by atoms with van der Waals surface area (Å²) in [6, 6.07) is 1.36. The molecular formula is C9H9BrClF2NO2. The first-order valence-corrected chi connectivity index (χ1v) is 5.92. The molecule has 1 aromatic rings. The van der Waals surface area contributed by atoms with Gasteiger partial charge in [0.2, 0.25) is 5.22 Å².